The molecule has 0 fully saturated rings. The monoisotopic (exact) mass is 356 g/mol. The van der Waals surface area contributed by atoms with Crippen molar-refractivity contribution in [2.45, 2.75) is 33.4 Å². The van der Waals surface area contributed by atoms with Crippen molar-refractivity contribution in [3.8, 4) is 0 Å². The number of anilines is 1. The SMILES string of the molecule is CC(=O)Nc1cccc(CNC(=O)CNC(=O)[C@@H](N)C(C)C)c1.Cl. The van der Waals surface area contributed by atoms with E-state index in [0.29, 0.717) is 12.2 Å². The molecule has 134 valence electrons. The molecule has 0 bridgehead atoms. The maximum Gasteiger partial charge on any atom is 0.239 e. The summed E-state index contributed by atoms with van der Waals surface area (Å²) < 4.78 is 0. The zero-order valence-corrected chi connectivity index (χ0v) is 14.9. The van der Waals surface area contributed by atoms with E-state index in [-0.39, 0.29) is 42.6 Å². The van der Waals surface area contributed by atoms with Gasteiger partial charge in [-0.25, -0.2) is 0 Å². The fourth-order valence-corrected chi connectivity index (χ4v) is 1.81. The van der Waals surface area contributed by atoms with Crippen LogP contribution in [0.5, 0.6) is 0 Å². The third kappa shape index (κ3) is 7.94. The minimum absolute atomic E-state index is 0. The highest BCUT2D eigenvalue weighted by molar-refractivity contribution is 5.89. The van der Waals surface area contributed by atoms with Crippen molar-refractivity contribution in [1.82, 2.24) is 10.6 Å². The number of rotatable bonds is 7. The zero-order chi connectivity index (χ0) is 17.4. The van der Waals surface area contributed by atoms with Gasteiger partial charge in [0.15, 0.2) is 0 Å². The van der Waals surface area contributed by atoms with Gasteiger partial charge in [-0.05, 0) is 23.6 Å². The lowest BCUT2D eigenvalue weighted by molar-refractivity contribution is -0.127. The van der Waals surface area contributed by atoms with Crippen molar-refractivity contribution in [1.29, 1.82) is 0 Å². The summed E-state index contributed by atoms with van der Waals surface area (Å²) in [5, 5.41) is 7.87. The van der Waals surface area contributed by atoms with Gasteiger partial charge in [0.05, 0.1) is 12.6 Å². The van der Waals surface area contributed by atoms with E-state index in [9.17, 15) is 14.4 Å². The number of carbonyl (C=O) groups is 3. The number of hydrogen-bond donors (Lipinski definition) is 4. The Kier molecular flexibility index (Phi) is 9.68. The molecule has 0 aromatic heterocycles. The Hall–Kier alpha value is -2.12. The normalized spacial score (nSPS) is 11.2. The molecule has 3 amide bonds. The van der Waals surface area contributed by atoms with Crippen LogP contribution >= 0.6 is 12.4 Å². The number of hydrogen-bond acceptors (Lipinski definition) is 4. The van der Waals surface area contributed by atoms with Gasteiger partial charge >= 0.3 is 0 Å². The van der Waals surface area contributed by atoms with Crippen LogP contribution in [-0.4, -0.2) is 30.3 Å². The highest BCUT2D eigenvalue weighted by atomic mass is 35.5. The second-order valence-electron chi connectivity index (χ2n) is 5.65. The molecule has 0 heterocycles. The number of nitrogens with two attached hydrogens (primary N) is 1. The highest BCUT2D eigenvalue weighted by Crippen LogP contribution is 2.10. The number of amides is 3. The number of benzene rings is 1. The Morgan fingerprint density at radius 2 is 1.83 bits per heavy atom. The molecule has 0 saturated heterocycles. The first-order valence-corrected chi connectivity index (χ1v) is 7.46. The van der Waals surface area contributed by atoms with Gasteiger partial charge < -0.3 is 21.7 Å². The molecular weight excluding hydrogens is 332 g/mol. The summed E-state index contributed by atoms with van der Waals surface area (Å²) in [6.45, 7) is 5.29. The molecule has 0 spiro atoms. The van der Waals surface area contributed by atoms with E-state index in [1.807, 2.05) is 19.9 Å². The molecule has 0 aliphatic heterocycles. The maximum absolute atomic E-state index is 11.7. The van der Waals surface area contributed by atoms with Crippen LogP contribution in [0.4, 0.5) is 5.69 Å². The standard InChI is InChI=1S/C16H24N4O3.ClH/c1-10(2)15(17)16(23)19-9-14(22)18-8-12-5-4-6-13(7-12)20-11(3)21;/h4-7,10,15H,8-9,17H2,1-3H3,(H,18,22)(H,19,23)(H,20,21);1H/t15-;/m0./s1. The van der Waals surface area contributed by atoms with Crippen LogP contribution in [-0.2, 0) is 20.9 Å². The average Bonchev–Trinajstić information content (AvgIpc) is 2.49. The van der Waals surface area contributed by atoms with Crippen LogP contribution in [0, 0.1) is 5.92 Å². The lowest BCUT2D eigenvalue weighted by Gasteiger charge is -2.15. The second kappa shape index (κ2) is 10.6. The van der Waals surface area contributed by atoms with Gasteiger partial charge in [0.1, 0.15) is 0 Å². The zero-order valence-electron chi connectivity index (χ0n) is 14.1. The number of carbonyl (C=O) groups excluding carboxylic acids is 3. The van der Waals surface area contributed by atoms with E-state index in [1.165, 1.54) is 6.92 Å². The van der Waals surface area contributed by atoms with E-state index in [2.05, 4.69) is 16.0 Å². The van der Waals surface area contributed by atoms with Crippen LogP contribution in [0.25, 0.3) is 0 Å². The van der Waals surface area contributed by atoms with Crippen LogP contribution in [0.1, 0.15) is 26.3 Å². The summed E-state index contributed by atoms with van der Waals surface area (Å²) in [6, 6.07) is 6.53. The summed E-state index contributed by atoms with van der Waals surface area (Å²) in [5.74, 6) is -0.799. The molecule has 1 rings (SSSR count). The van der Waals surface area contributed by atoms with Crippen LogP contribution in [0.2, 0.25) is 0 Å². The third-order valence-electron chi connectivity index (χ3n) is 3.18. The number of nitrogens with one attached hydrogen (secondary N) is 3. The largest absolute Gasteiger partial charge is 0.350 e. The fraction of sp³-hybridized carbons (Fsp3) is 0.438. The fourth-order valence-electron chi connectivity index (χ4n) is 1.81. The first kappa shape index (κ1) is 21.9. The van der Waals surface area contributed by atoms with E-state index in [1.54, 1.807) is 18.2 Å². The Morgan fingerprint density at radius 1 is 1.17 bits per heavy atom. The van der Waals surface area contributed by atoms with Crippen molar-refractivity contribution in [3.63, 3.8) is 0 Å². The van der Waals surface area contributed by atoms with Gasteiger partial charge in [0, 0.05) is 19.2 Å². The van der Waals surface area contributed by atoms with Crippen LogP contribution < -0.4 is 21.7 Å². The second-order valence-corrected chi connectivity index (χ2v) is 5.65. The van der Waals surface area contributed by atoms with Gasteiger partial charge in [0.2, 0.25) is 17.7 Å². The van der Waals surface area contributed by atoms with Gasteiger partial charge in [0.25, 0.3) is 0 Å². The smallest absolute Gasteiger partial charge is 0.239 e. The van der Waals surface area contributed by atoms with Gasteiger partial charge in [-0.2, -0.15) is 0 Å². The predicted molar refractivity (Wildman–Crippen MR) is 95.7 cm³/mol. The predicted octanol–water partition coefficient (Wildman–Crippen LogP) is 0.783. The topological polar surface area (TPSA) is 113 Å². The Morgan fingerprint density at radius 3 is 2.42 bits per heavy atom. The minimum atomic E-state index is -0.628. The summed E-state index contributed by atoms with van der Waals surface area (Å²) in [4.78, 5) is 34.4. The molecule has 1 aromatic rings. The molecule has 5 N–H and O–H groups in total. The van der Waals surface area contributed by atoms with Gasteiger partial charge in [-0.3, -0.25) is 14.4 Å². The quantitative estimate of drug-likeness (QED) is 0.578. The molecule has 0 aliphatic carbocycles. The van der Waals surface area contributed by atoms with Gasteiger partial charge in [-0.15, -0.1) is 12.4 Å². The van der Waals surface area contributed by atoms with E-state index in [0.717, 1.165) is 5.56 Å². The van der Waals surface area contributed by atoms with Crippen molar-refractivity contribution >= 4 is 35.8 Å². The third-order valence-corrected chi connectivity index (χ3v) is 3.18. The Labute approximate surface area is 148 Å². The molecular formula is C16H25ClN4O3. The summed E-state index contributed by atoms with van der Waals surface area (Å²) in [7, 11) is 0. The Balaban J connectivity index is 0.00000529. The summed E-state index contributed by atoms with van der Waals surface area (Å²) in [5.41, 5.74) is 7.20. The van der Waals surface area contributed by atoms with E-state index >= 15 is 0 Å². The average molecular weight is 357 g/mol. The molecule has 7 nitrogen and oxygen atoms in total. The summed E-state index contributed by atoms with van der Waals surface area (Å²) in [6.07, 6.45) is 0. The minimum Gasteiger partial charge on any atom is -0.350 e. The molecule has 0 aliphatic rings. The van der Waals surface area contributed by atoms with Crippen LogP contribution in [0.15, 0.2) is 24.3 Å². The first-order chi connectivity index (χ1) is 10.8. The van der Waals surface area contributed by atoms with E-state index in [4.69, 9.17) is 5.73 Å². The Bertz CT molecular complexity index is 578. The van der Waals surface area contributed by atoms with Crippen molar-refractivity contribution in [2.24, 2.45) is 11.7 Å². The van der Waals surface area contributed by atoms with E-state index < -0.39 is 6.04 Å². The van der Waals surface area contributed by atoms with Crippen molar-refractivity contribution in [2.75, 3.05) is 11.9 Å². The molecule has 1 aromatic carbocycles. The summed E-state index contributed by atoms with van der Waals surface area (Å²) >= 11 is 0. The molecule has 0 radical (unpaired) electrons. The molecule has 0 unspecified atom stereocenters. The highest BCUT2D eigenvalue weighted by Gasteiger charge is 2.17. The van der Waals surface area contributed by atoms with Crippen molar-refractivity contribution < 1.29 is 14.4 Å². The molecule has 0 saturated carbocycles. The number of halogens is 1. The molecule has 1 atom stereocenters. The first-order valence-electron chi connectivity index (χ1n) is 7.46. The maximum atomic E-state index is 11.7. The molecule has 24 heavy (non-hydrogen) atoms. The van der Waals surface area contributed by atoms with Crippen molar-refractivity contribution in [3.05, 3.63) is 29.8 Å². The van der Waals surface area contributed by atoms with Crippen LogP contribution in [0.3, 0.4) is 0 Å². The lowest BCUT2D eigenvalue weighted by atomic mass is 10.1. The molecule has 8 heteroatoms. The lowest BCUT2D eigenvalue weighted by Crippen LogP contribution is -2.47. The van der Waals surface area contributed by atoms with Gasteiger partial charge in [-0.1, -0.05) is 26.0 Å².